The molecule has 0 bridgehead atoms. The molecular weight excluding hydrogens is 374 g/mol. The molecule has 2 rings (SSSR count). The fourth-order valence-corrected chi connectivity index (χ4v) is 2.84. The molecule has 0 fully saturated rings. The van der Waals surface area contributed by atoms with Crippen LogP contribution in [-0.4, -0.2) is 45.4 Å². The Labute approximate surface area is 182 Å². The van der Waals surface area contributed by atoms with Gasteiger partial charge in [-0.05, 0) is 55.0 Å². The maximum atomic E-state index is 5.81. The van der Waals surface area contributed by atoms with Gasteiger partial charge in [-0.3, -0.25) is 0 Å². The highest BCUT2D eigenvalue weighted by Crippen LogP contribution is 2.23. The van der Waals surface area contributed by atoms with Gasteiger partial charge in [-0.25, -0.2) is 0 Å². The first kappa shape index (κ1) is 23.9. The maximum absolute atomic E-state index is 5.81. The Kier molecular flexibility index (Phi) is 10.4. The Balaban J connectivity index is 1.71. The van der Waals surface area contributed by atoms with Gasteiger partial charge in [0.1, 0.15) is 24.7 Å². The molecule has 5 nitrogen and oxygen atoms in total. The van der Waals surface area contributed by atoms with E-state index in [-0.39, 0.29) is 0 Å². The van der Waals surface area contributed by atoms with Gasteiger partial charge in [-0.2, -0.15) is 10.2 Å². The van der Waals surface area contributed by atoms with E-state index in [4.69, 9.17) is 9.47 Å². The van der Waals surface area contributed by atoms with Crippen molar-refractivity contribution in [1.29, 1.82) is 0 Å². The molecule has 0 N–H and O–H groups in total. The van der Waals surface area contributed by atoms with E-state index in [0.29, 0.717) is 6.61 Å². The van der Waals surface area contributed by atoms with Gasteiger partial charge in [0.25, 0.3) is 0 Å². The van der Waals surface area contributed by atoms with Crippen molar-refractivity contribution in [3.63, 3.8) is 0 Å². The Morgan fingerprint density at radius 3 is 1.60 bits per heavy atom. The number of hydrogen-bond acceptors (Lipinski definition) is 4. The Morgan fingerprint density at radius 1 is 0.633 bits per heavy atom. The smallest absolute Gasteiger partial charge is 0.137 e. The van der Waals surface area contributed by atoms with Crippen LogP contribution in [-0.2, 0) is 0 Å². The van der Waals surface area contributed by atoms with Crippen LogP contribution in [0.3, 0.4) is 0 Å². The molecule has 30 heavy (non-hydrogen) atoms. The number of rotatable bonds is 14. The van der Waals surface area contributed by atoms with Crippen LogP contribution in [0.5, 0.6) is 11.5 Å². The highest BCUT2D eigenvalue weighted by molar-refractivity contribution is 5.44. The fourth-order valence-electron chi connectivity index (χ4n) is 2.84. The van der Waals surface area contributed by atoms with Crippen LogP contribution in [0.1, 0.15) is 45.4 Å². The third kappa shape index (κ3) is 10.4. The molecule has 0 saturated carbocycles. The van der Waals surface area contributed by atoms with Gasteiger partial charge in [0, 0.05) is 0 Å². The lowest BCUT2D eigenvalue weighted by molar-refractivity contribution is -0.870. The Morgan fingerprint density at radius 2 is 1.10 bits per heavy atom. The van der Waals surface area contributed by atoms with Crippen LogP contribution in [0.15, 0.2) is 58.8 Å². The summed E-state index contributed by atoms with van der Waals surface area (Å²) < 4.78 is 12.5. The van der Waals surface area contributed by atoms with Gasteiger partial charge < -0.3 is 14.0 Å². The molecule has 0 saturated heterocycles. The van der Waals surface area contributed by atoms with E-state index in [2.05, 4.69) is 38.3 Å². The second-order valence-electron chi connectivity index (χ2n) is 8.67. The molecule has 0 amide bonds. The van der Waals surface area contributed by atoms with Crippen LogP contribution in [0.4, 0.5) is 11.4 Å². The molecule has 2 aromatic rings. The summed E-state index contributed by atoms with van der Waals surface area (Å²) in [4.78, 5) is 0. The molecule has 0 aromatic heterocycles. The molecule has 0 radical (unpaired) electrons. The number of likely N-dealkylation sites (N-methyl/N-ethyl adjacent to an activating group) is 1. The van der Waals surface area contributed by atoms with E-state index in [1.807, 2.05) is 48.5 Å². The molecule has 0 aliphatic rings. The molecule has 0 heterocycles. The van der Waals surface area contributed by atoms with Crippen LogP contribution < -0.4 is 9.47 Å². The summed E-state index contributed by atoms with van der Waals surface area (Å²) in [6.07, 6.45) is 7.62. The SMILES string of the molecule is CCCCCCCCOc1ccc(N=Nc2ccc(OCC[N+](C)(C)C)cc2)cc1. The minimum absolute atomic E-state index is 0.692. The van der Waals surface area contributed by atoms with E-state index in [1.54, 1.807) is 0 Å². The third-order valence-corrected chi connectivity index (χ3v) is 4.75. The quantitative estimate of drug-likeness (QED) is 0.192. The van der Waals surface area contributed by atoms with E-state index >= 15 is 0 Å². The molecule has 5 heteroatoms. The third-order valence-electron chi connectivity index (χ3n) is 4.75. The van der Waals surface area contributed by atoms with Crippen molar-refractivity contribution in [1.82, 2.24) is 0 Å². The molecule has 2 aromatic carbocycles. The summed E-state index contributed by atoms with van der Waals surface area (Å²) >= 11 is 0. The van der Waals surface area contributed by atoms with Crippen LogP contribution in [0.25, 0.3) is 0 Å². The van der Waals surface area contributed by atoms with Crippen molar-refractivity contribution in [3.05, 3.63) is 48.5 Å². The predicted octanol–water partition coefficient (Wildman–Crippen LogP) is 6.93. The summed E-state index contributed by atoms with van der Waals surface area (Å²) in [6, 6.07) is 15.5. The lowest BCUT2D eigenvalue weighted by Crippen LogP contribution is -2.38. The van der Waals surface area contributed by atoms with Crippen molar-refractivity contribution < 1.29 is 14.0 Å². The highest BCUT2D eigenvalue weighted by Gasteiger charge is 2.06. The average Bonchev–Trinajstić information content (AvgIpc) is 2.72. The fraction of sp³-hybridized carbons (Fsp3) is 0.520. The van der Waals surface area contributed by atoms with Crippen molar-refractivity contribution >= 4 is 11.4 Å². The van der Waals surface area contributed by atoms with Crippen LogP contribution >= 0.6 is 0 Å². The van der Waals surface area contributed by atoms with E-state index in [0.717, 1.165) is 46.9 Å². The first-order valence-corrected chi connectivity index (χ1v) is 11.1. The molecule has 0 aliphatic carbocycles. The standard InChI is InChI=1S/C25H38N3O2/c1-5-6-7-8-9-10-20-29-24-15-11-22(12-16-24)26-27-23-13-17-25(18-14-23)30-21-19-28(2,3)4/h11-18H,5-10,19-21H2,1-4H3/q+1. The number of nitrogens with zero attached hydrogens (tertiary/aromatic N) is 3. The van der Waals surface area contributed by atoms with Gasteiger partial charge in [0.15, 0.2) is 0 Å². The van der Waals surface area contributed by atoms with E-state index < -0.39 is 0 Å². The van der Waals surface area contributed by atoms with Gasteiger partial charge in [-0.15, -0.1) is 0 Å². The zero-order valence-electron chi connectivity index (χ0n) is 19.1. The molecular formula is C25H38N3O2+. The molecule has 0 atom stereocenters. The monoisotopic (exact) mass is 412 g/mol. The summed E-state index contributed by atoms with van der Waals surface area (Å²) in [5.41, 5.74) is 1.61. The first-order valence-electron chi connectivity index (χ1n) is 11.1. The molecule has 164 valence electrons. The highest BCUT2D eigenvalue weighted by atomic mass is 16.5. The lowest BCUT2D eigenvalue weighted by Gasteiger charge is -2.23. The zero-order valence-corrected chi connectivity index (χ0v) is 19.1. The molecule has 0 aliphatic heterocycles. The molecule has 0 unspecified atom stereocenters. The Bertz CT molecular complexity index is 734. The molecule has 0 spiro atoms. The normalized spacial score (nSPS) is 11.7. The largest absolute Gasteiger partial charge is 0.494 e. The minimum Gasteiger partial charge on any atom is -0.494 e. The van der Waals surface area contributed by atoms with Crippen molar-refractivity contribution in [2.45, 2.75) is 45.4 Å². The number of azo groups is 1. The second kappa shape index (κ2) is 13.0. The van der Waals surface area contributed by atoms with Crippen LogP contribution in [0.2, 0.25) is 0 Å². The topological polar surface area (TPSA) is 43.2 Å². The number of ether oxygens (including phenoxy) is 2. The van der Waals surface area contributed by atoms with Crippen molar-refractivity contribution in [3.8, 4) is 11.5 Å². The van der Waals surface area contributed by atoms with Gasteiger partial charge in [-0.1, -0.05) is 39.0 Å². The second-order valence-corrected chi connectivity index (χ2v) is 8.67. The van der Waals surface area contributed by atoms with Gasteiger partial charge in [0.05, 0.1) is 39.1 Å². The summed E-state index contributed by atoms with van der Waals surface area (Å²) in [7, 11) is 6.46. The lowest BCUT2D eigenvalue weighted by atomic mass is 10.1. The van der Waals surface area contributed by atoms with Crippen molar-refractivity contribution in [2.24, 2.45) is 10.2 Å². The number of hydrogen-bond donors (Lipinski definition) is 0. The first-order chi connectivity index (χ1) is 14.5. The van der Waals surface area contributed by atoms with Gasteiger partial charge in [0.2, 0.25) is 0 Å². The van der Waals surface area contributed by atoms with Crippen LogP contribution in [0, 0.1) is 0 Å². The van der Waals surface area contributed by atoms with Gasteiger partial charge >= 0.3 is 0 Å². The zero-order chi connectivity index (χ0) is 21.7. The van der Waals surface area contributed by atoms with Crippen molar-refractivity contribution in [2.75, 3.05) is 40.9 Å². The minimum atomic E-state index is 0.692. The van der Waals surface area contributed by atoms with E-state index in [1.165, 1.54) is 32.1 Å². The number of benzene rings is 2. The number of unbranched alkanes of at least 4 members (excludes halogenated alkanes) is 5. The summed E-state index contributed by atoms with van der Waals surface area (Å²) in [5, 5.41) is 8.61. The predicted molar refractivity (Wildman–Crippen MR) is 124 cm³/mol. The average molecular weight is 413 g/mol. The van der Waals surface area contributed by atoms with E-state index in [9.17, 15) is 0 Å². The summed E-state index contributed by atoms with van der Waals surface area (Å²) in [6.45, 7) is 4.67. The maximum Gasteiger partial charge on any atom is 0.137 e. The Hall–Kier alpha value is -2.40. The summed E-state index contributed by atoms with van der Waals surface area (Å²) in [5.74, 6) is 1.74. The number of quaternary nitrogens is 1.